The summed E-state index contributed by atoms with van der Waals surface area (Å²) in [6.45, 7) is 11.0. The van der Waals surface area contributed by atoms with Gasteiger partial charge in [-0.15, -0.1) is 0 Å². The summed E-state index contributed by atoms with van der Waals surface area (Å²) in [5.41, 5.74) is 7.25. The van der Waals surface area contributed by atoms with Crippen LogP contribution in [0, 0.1) is 11.8 Å². The highest BCUT2D eigenvalue weighted by Gasteiger charge is 2.14. The van der Waals surface area contributed by atoms with Gasteiger partial charge in [-0.1, -0.05) is 27.7 Å². The monoisotopic (exact) mass is 253 g/mol. The summed E-state index contributed by atoms with van der Waals surface area (Å²) in [6.07, 6.45) is 4.81. The molecule has 2 N–H and O–H groups in total. The number of aromatic nitrogens is 2. The van der Waals surface area contributed by atoms with E-state index in [0.717, 1.165) is 31.9 Å². The largest absolute Gasteiger partial charge is 0.380 e. The molecule has 1 rings (SSSR count). The van der Waals surface area contributed by atoms with Gasteiger partial charge in [-0.3, -0.25) is 0 Å². The van der Waals surface area contributed by atoms with Crippen LogP contribution in [0.3, 0.4) is 0 Å². The first-order chi connectivity index (χ1) is 8.52. The molecule has 0 saturated heterocycles. The van der Waals surface area contributed by atoms with Crippen LogP contribution in [0.15, 0.2) is 12.5 Å². The van der Waals surface area contributed by atoms with E-state index in [1.54, 1.807) is 0 Å². The van der Waals surface area contributed by atoms with Gasteiger partial charge in [-0.2, -0.15) is 0 Å². The fourth-order valence-corrected chi connectivity index (χ4v) is 1.72. The number of nitrogens with two attached hydrogens (primary N) is 1. The van der Waals surface area contributed by atoms with E-state index in [1.165, 1.54) is 0 Å². The molecule has 0 aliphatic carbocycles. The van der Waals surface area contributed by atoms with Crippen molar-refractivity contribution in [2.45, 2.75) is 46.7 Å². The Balaban J connectivity index is 2.36. The lowest BCUT2D eigenvalue weighted by Crippen LogP contribution is -2.21. The zero-order valence-corrected chi connectivity index (χ0v) is 12.1. The van der Waals surface area contributed by atoms with E-state index in [1.807, 2.05) is 12.5 Å². The van der Waals surface area contributed by atoms with E-state index in [9.17, 15) is 0 Å². The maximum Gasteiger partial charge on any atom is 0.0949 e. The average Bonchev–Trinajstić information content (AvgIpc) is 2.75. The molecule has 0 bridgehead atoms. The van der Waals surface area contributed by atoms with E-state index in [0.29, 0.717) is 11.8 Å². The topological polar surface area (TPSA) is 53.1 Å². The molecule has 0 aliphatic heterocycles. The third kappa shape index (κ3) is 4.78. The second kappa shape index (κ2) is 7.54. The highest BCUT2D eigenvalue weighted by atomic mass is 16.5. The number of rotatable bonds is 8. The second-order valence-corrected chi connectivity index (χ2v) is 5.58. The fraction of sp³-hybridized carbons (Fsp3) is 0.786. The van der Waals surface area contributed by atoms with Crippen molar-refractivity contribution < 1.29 is 4.74 Å². The molecule has 1 aromatic heterocycles. The third-order valence-electron chi connectivity index (χ3n) is 3.12. The van der Waals surface area contributed by atoms with E-state index in [2.05, 4.69) is 37.2 Å². The zero-order chi connectivity index (χ0) is 13.5. The molecular weight excluding hydrogens is 226 g/mol. The highest BCUT2D eigenvalue weighted by molar-refractivity contribution is 5.05. The Morgan fingerprint density at radius 3 is 2.61 bits per heavy atom. The molecule has 0 radical (unpaired) electrons. The molecule has 1 aromatic rings. The van der Waals surface area contributed by atoms with E-state index < -0.39 is 0 Å². The molecule has 4 nitrogen and oxygen atoms in total. The van der Waals surface area contributed by atoms with Crippen LogP contribution in [0.5, 0.6) is 0 Å². The molecule has 0 amide bonds. The average molecular weight is 253 g/mol. The van der Waals surface area contributed by atoms with Crippen molar-refractivity contribution in [3.63, 3.8) is 0 Å². The number of hydrogen-bond acceptors (Lipinski definition) is 3. The molecule has 0 spiro atoms. The van der Waals surface area contributed by atoms with Crippen molar-refractivity contribution in [2.24, 2.45) is 17.6 Å². The quantitative estimate of drug-likeness (QED) is 0.725. The molecule has 0 aromatic carbocycles. The summed E-state index contributed by atoms with van der Waals surface area (Å²) >= 11 is 0. The van der Waals surface area contributed by atoms with Crippen LogP contribution in [-0.2, 0) is 11.3 Å². The Morgan fingerprint density at radius 2 is 2.00 bits per heavy atom. The Bertz CT molecular complexity index is 334. The highest BCUT2D eigenvalue weighted by Crippen LogP contribution is 2.18. The first kappa shape index (κ1) is 15.2. The first-order valence-electron chi connectivity index (χ1n) is 6.85. The first-order valence-corrected chi connectivity index (χ1v) is 6.85. The number of hydrogen-bond donors (Lipinski definition) is 1. The molecule has 0 aliphatic rings. The standard InChI is InChI=1S/C14H27N3O/c1-11(2)5-7-18-8-6-17-10-16-9-13(17)14(15)12(3)4/h9-12,14H,5-8,15H2,1-4H3. The molecule has 4 heteroatoms. The summed E-state index contributed by atoms with van der Waals surface area (Å²) in [7, 11) is 0. The molecule has 0 saturated carbocycles. The number of imidazole rings is 1. The van der Waals surface area contributed by atoms with E-state index in [-0.39, 0.29) is 6.04 Å². The van der Waals surface area contributed by atoms with Crippen molar-refractivity contribution in [1.29, 1.82) is 0 Å². The SMILES string of the molecule is CC(C)CCOCCn1cncc1C(N)C(C)C. The molecule has 104 valence electrons. The summed E-state index contributed by atoms with van der Waals surface area (Å²) in [5, 5.41) is 0. The van der Waals surface area contributed by atoms with Crippen LogP contribution >= 0.6 is 0 Å². The summed E-state index contributed by atoms with van der Waals surface area (Å²) in [6, 6.07) is 0.0446. The van der Waals surface area contributed by atoms with Crippen LogP contribution in [0.4, 0.5) is 0 Å². The Hall–Kier alpha value is -0.870. The fourth-order valence-electron chi connectivity index (χ4n) is 1.72. The number of nitrogens with zero attached hydrogens (tertiary/aromatic N) is 2. The molecule has 1 unspecified atom stereocenters. The van der Waals surface area contributed by atoms with Gasteiger partial charge in [0.2, 0.25) is 0 Å². The molecule has 18 heavy (non-hydrogen) atoms. The van der Waals surface area contributed by atoms with Crippen LogP contribution < -0.4 is 5.73 Å². The van der Waals surface area contributed by atoms with E-state index >= 15 is 0 Å². The maximum absolute atomic E-state index is 6.15. The van der Waals surface area contributed by atoms with Crippen molar-refractivity contribution in [2.75, 3.05) is 13.2 Å². The zero-order valence-electron chi connectivity index (χ0n) is 12.1. The molecule has 0 fully saturated rings. The van der Waals surface area contributed by atoms with E-state index in [4.69, 9.17) is 10.5 Å². The lowest BCUT2D eigenvalue weighted by atomic mass is 10.0. The summed E-state index contributed by atoms with van der Waals surface area (Å²) in [4.78, 5) is 4.18. The van der Waals surface area contributed by atoms with Crippen LogP contribution in [0.2, 0.25) is 0 Å². The van der Waals surface area contributed by atoms with Crippen LogP contribution in [0.25, 0.3) is 0 Å². The summed E-state index contributed by atoms with van der Waals surface area (Å²) < 4.78 is 7.72. The minimum atomic E-state index is 0.0446. The van der Waals surface area contributed by atoms with Gasteiger partial charge in [0.05, 0.1) is 18.6 Å². The third-order valence-corrected chi connectivity index (χ3v) is 3.12. The van der Waals surface area contributed by atoms with Gasteiger partial charge >= 0.3 is 0 Å². The maximum atomic E-state index is 6.15. The van der Waals surface area contributed by atoms with Gasteiger partial charge in [0.1, 0.15) is 0 Å². The van der Waals surface area contributed by atoms with Crippen molar-refractivity contribution in [3.05, 3.63) is 18.2 Å². The number of ether oxygens (including phenoxy) is 1. The minimum absolute atomic E-state index is 0.0446. The van der Waals surface area contributed by atoms with Gasteiger partial charge in [-0.25, -0.2) is 4.98 Å². The van der Waals surface area contributed by atoms with Gasteiger partial charge in [0.25, 0.3) is 0 Å². The Morgan fingerprint density at radius 1 is 1.28 bits per heavy atom. The van der Waals surface area contributed by atoms with Gasteiger partial charge in [0.15, 0.2) is 0 Å². The Labute approximate surface area is 111 Å². The van der Waals surface area contributed by atoms with Crippen molar-refractivity contribution >= 4 is 0 Å². The van der Waals surface area contributed by atoms with Crippen LogP contribution in [-0.4, -0.2) is 22.8 Å². The van der Waals surface area contributed by atoms with Gasteiger partial charge in [-0.05, 0) is 18.3 Å². The molecule has 1 atom stereocenters. The van der Waals surface area contributed by atoms with Gasteiger partial charge < -0.3 is 15.0 Å². The van der Waals surface area contributed by atoms with Crippen LogP contribution in [0.1, 0.15) is 45.9 Å². The minimum Gasteiger partial charge on any atom is -0.380 e. The van der Waals surface area contributed by atoms with Crippen molar-refractivity contribution in [1.82, 2.24) is 9.55 Å². The lowest BCUT2D eigenvalue weighted by molar-refractivity contribution is 0.115. The Kier molecular flexibility index (Phi) is 6.36. The van der Waals surface area contributed by atoms with Gasteiger partial charge in [0, 0.05) is 25.4 Å². The predicted molar refractivity (Wildman–Crippen MR) is 74.3 cm³/mol. The molecule has 1 heterocycles. The van der Waals surface area contributed by atoms with Crippen molar-refractivity contribution in [3.8, 4) is 0 Å². The lowest BCUT2D eigenvalue weighted by Gasteiger charge is -2.18. The molecular formula is C14H27N3O. The smallest absolute Gasteiger partial charge is 0.0949 e. The normalized spacial score (nSPS) is 13.5. The predicted octanol–water partition coefficient (Wildman–Crippen LogP) is 2.60. The summed E-state index contributed by atoms with van der Waals surface area (Å²) in [5.74, 6) is 1.12. The second-order valence-electron chi connectivity index (χ2n) is 5.58.